The summed E-state index contributed by atoms with van der Waals surface area (Å²) in [5, 5.41) is 33.8. The summed E-state index contributed by atoms with van der Waals surface area (Å²) in [7, 11) is 0. The Morgan fingerprint density at radius 1 is 0.559 bits per heavy atom. The van der Waals surface area contributed by atoms with E-state index in [1.165, 1.54) is 6.92 Å². The van der Waals surface area contributed by atoms with Crippen molar-refractivity contribution in [2.75, 3.05) is 6.54 Å². The Morgan fingerprint density at radius 2 is 0.983 bits per heavy atom. The van der Waals surface area contributed by atoms with Gasteiger partial charge in [0.05, 0.1) is 6.04 Å². The zero-order valence-corrected chi connectivity index (χ0v) is 35.2. The number of aliphatic carboxylic acids is 2. The van der Waals surface area contributed by atoms with Gasteiger partial charge in [0.2, 0.25) is 41.4 Å². The topological polar surface area (TPSA) is 383 Å². The van der Waals surface area contributed by atoms with Crippen LogP contribution in [0.25, 0.3) is 0 Å². The lowest BCUT2D eigenvalue weighted by atomic mass is 9.98. The van der Waals surface area contributed by atoms with Gasteiger partial charge in [-0.2, -0.15) is 0 Å². The van der Waals surface area contributed by atoms with Crippen molar-refractivity contribution in [1.29, 1.82) is 0 Å². The van der Waals surface area contributed by atoms with Crippen LogP contribution in [0.15, 0.2) is 4.99 Å². The average molecular weight is 842 g/mol. The zero-order valence-electron chi connectivity index (χ0n) is 35.2. The number of amides is 7. The third-order valence-electron chi connectivity index (χ3n) is 9.14. The number of nitrogens with two attached hydrogens (primary N) is 4. The fourth-order valence-corrected chi connectivity index (χ4v) is 5.53. The van der Waals surface area contributed by atoms with Crippen LogP contribution in [-0.2, 0) is 43.2 Å². The van der Waals surface area contributed by atoms with Gasteiger partial charge >= 0.3 is 11.9 Å². The number of hydrogen-bond donors (Lipinski definition) is 12. The highest BCUT2D eigenvalue weighted by Crippen LogP contribution is 2.12. The number of carbonyl (C=O) groups is 9. The molecule has 336 valence electrons. The monoisotopic (exact) mass is 842 g/mol. The fourth-order valence-electron chi connectivity index (χ4n) is 5.53. The van der Waals surface area contributed by atoms with Gasteiger partial charge in [0.1, 0.15) is 36.3 Å². The van der Waals surface area contributed by atoms with Crippen LogP contribution >= 0.6 is 0 Å². The van der Waals surface area contributed by atoms with E-state index in [1.807, 2.05) is 6.92 Å². The molecule has 0 aromatic heterocycles. The summed E-state index contributed by atoms with van der Waals surface area (Å²) in [4.78, 5) is 119. The Labute approximate surface area is 344 Å². The summed E-state index contributed by atoms with van der Waals surface area (Å²) in [6, 6.07) is -8.98. The number of nitrogens with one attached hydrogen (secondary N) is 6. The summed E-state index contributed by atoms with van der Waals surface area (Å²) in [5.41, 5.74) is 21.9. The summed E-state index contributed by atoms with van der Waals surface area (Å²) in [5.74, 6) is -9.09. The van der Waals surface area contributed by atoms with E-state index < -0.39 is 102 Å². The van der Waals surface area contributed by atoms with Crippen molar-refractivity contribution in [2.24, 2.45) is 45.7 Å². The number of carboxylic acid groups (broad SMARTS) is 2. The van der Waals surface area contributed by atoms with E-state index in [-0.39, 0.29) is 75.2 Å². The molecule has 8 atom stereocenters. The van der Waals surface area contributed by atoms with E-state index in [0.29, 0.717) is 6.42 Å². The molecule has 0 radical (unpaired) electrons. The molecule has 0 rings (SSSR count). The molecule has 0 saturated heterocycles. The number of guanidine groups is 1. The Kier molecular flexibility index (Phi) is 24.7. The average Bonchev–Trinajstić information content (AvgIpc) is 3.13. The second-order valence-electron chi connectivity index (χ2n) is 15.4. The van der Waals surface area contributed by atoms with Crippen LogP contribution in [0.4, 0.5) is 0 Å². The number of carboxylic acids is 2. The van der Waals surface area contributed by atoms with Gasteiger partial charge in [-0.15, -0.1) is 0 Å². The van der Waals surface area contributed by atoms with Crippen LogP contribution in [-0.4, -0.2) is 118 Å². The maximum Gasteiger partial charge on any atom is 0.326 e. The fraction of sp³-hybridized carbons (Fsp3) is 0.730. The van der Waals surface area contributed by atoms with E-state index >= 15 is 0 Å². The van der Waals surface area contributed by atoms with E-state index in [4.69, 9.17) is 22.9 Å². The molecule has 0 bridgehead atoms. The Bertz CT molecular complexity index is 1490. The Hall–Kier alpha value is -5.54. The highest BCUT2D eigenvalue weighted by molar-refractivity contribution is 5.97. The van der Waals surface area contributed by atoms with Crippen LogP contribution in [0.1, 0.15) is 106 Å². The highest BCUT2D eigenvalue weighted by Gasteiger charge is 2.34. The lowest BCUT2D eigenvalue weighted by Crippen LogP contribution is -2.60. The molecule has 59 heavy (non-hydrogen) atoms. The van der Waals surface area contributed by atoms with Crippen molar-refractivity contribution >= 4 is 59.2 Å². The first-order chi connectivity index (χ1) is 27.4. The standard InChI is InChI=1S/C37H67N11O11/c1-8-20(6)29(39)35(57)45-23(12-14-28(50)51)32(54)47-26(17-19(4)5)34(56)48-25(16-18(2)3)33(55)44-22(11-13-27(38)49)31(53)43-21(7)30(52)46-24(36(58)59)10-9-15-42-37(40)41/h18-26,29H,8-17,39H2,1-7H3,(H2,38,49)(H,43,53)(H,44,55)(H,45,57)(H,46,52)(H,47,54)(H,48,56)(H,50,51)(H,58,59)(H4,40,41,42)/t20-,21-,22-,23-,24-,25-,26-,29-/m0/s1. The van der Waals surface area contributed by atoms with Crippen molar-refractivity contribution in [3.8, 4) is 0 Å². The number of aliphatic imine (C=N–C) groups is 1. The number of hydrogen-bond acceptors (Lipinski definition) is 11. The molecular formula is C37H67N11O11. The summed E-state index contributed by atoms with van der Waals surface area (Å²) in [6.07, 6.45) is -0.573. The highest BCUT2D eigenvalue weighted by atomic mass is 16.4. The molecule has 0 saturated carbocycles. The van der Waals surface area contributed by atoms with Gasteiger partial charge in [-0.25, -0.2) is 4.79 Å². The van der Waals surface area contributed by atoms with Gasteiger partial charge in [-0.05, 0) is 63.2 Å². The van der Waals surface area contributed by atoms with Crippen molar-refractivity contribution in [2.45, 2.75) is 149 Å². The van der Waals surface area contributed by atoms with Gasteiger partial charge in [-0.3, -0.25) is 43.3 Å². The Balaban J connectivity index is 6.21. The summed E-state index contributed by atoms with van der Waals surface area (Å²) >= 11 is 0. The quantitative estimate of drug-likeness (QED) is 0.0213. The smallest absolute Gasteiger partial charge is 0.326 e. The summed E-state index contributed by atoms with van der Waals surface area (Å²) in [6.45, 7) is 12.1. The third kappa shape index (κ3) is 22.3. The van der Waals surface area contributed by atoms with Crippen LogP contribution < -0.4 is 54.8 Å². The van der Waals surface area contributed by atoms with Gasteiger partial charge in [0, 0.05) is 19.4 Å². The number of carbonyl (C=O) groups excluding carboxylic acids is 7. The largest absolute Gasteiger partial charge is 0.481 e. The Morgan fingerprint density at radius 3 is 1.41 bits per heavy atom. The molecule has 0 aromatic rings. The molecule has 22 nitrogen and oxygen atoms in total. The molecule has 0 aromatic carbocycles. The van der Waals surface area contributed by atoms with Crippen LogP contribution in [0.2, 0.25) is 0 Å². The second-order valence-corrected chi connectivity index (χ2v) is 15.4. The minimum absolute atomic E-state index is 0.0323. The van der Waals surface area contributed by atoms with Gasteiger partial charge < -0.3 is 65.0 Å². The molecule has 22 heteroatoms. The molecule has 0 unspecified atom stereocenters. The van der Waals surface area contributed by atoms with Gasteiger partial charge in [-0.1, -0.05) is 48.0 Å². The number of primary amides is 1. The molecule has 0 heterocycles. The van der Waals surface area contributed by atoms with Crippen LogP contribution in [0.5, 0.6) is 0 Å². The van der Waals surface area contributed by atoms with E-state index in [1.54, 1.807) is 34.6 Å². The first-order valence-electron chi connectivity index (χ1n) is 19.8. The van der Waals surface area contributed by atoms with Crippen molar-refractivity contribution in [1.82, 2.24) is 31.9 Å². The first-order valence-corrected chi connectivity index (χ1v) is 19.8. The lowest BCUT2D eigenvalue weighted by molar-refractivity contribution is -0.142. The first kappa shape index (κ1) is 53.5. The van der Waals surface area contributed by atoms with Gasteiger partial charge in [0.15, 0.2) is 5.96 Å². The van der Waals surface area contributed by atoms with Crippen LogP contribution in [0.3, 0.4) is 0 Å². The van der Waals surface area contributed by atoms with Crippen molar-refractivity contribution in [3.05, 3.63) is 0 Å². The minimum Gasteiger partial charge on any atom is -0.481 e. The predicted octanol–water partition coefficient (Wildman–Crippen LogP) is -2.35. The molecule has 0 aliphatic rings. The number of nitrogens with zero attached hydrogens (tertiary/aromatic N) is 1. The molecule has 0 aliphatic heterocycles. The molecule has 7 amide bonds. The van der Waals surface area contributed by atoms with Crippen molar-refractivity contribution < 1.29 is 53.4 Å². The molecular weight excluding hydrogens is 774 g/mol. The predicted molar refractivity (Wildman–Crippen MR) is 216 cm³/mol. The van der Waals surface area contributed by atoms with E-state index in [0.717, 1.165) is 0 Å². The van der Waals surface area contributed by atoms with E-state index in [9.17, 15) is 53.4 Å². The zero-order chi connectivity index (χ0) is 45.6. The molecule has 0 spiro atoms. The normalized spacial score (nSPS) is 15.2. The van der Waals surface area contributed by atoms with E-state index in [2.05, 4.69) is 36.9 Å². The maximum atomic E-state index is 13.8. The lowest BCUT2D eigenvalue weighted by Gasteiger charge is -2.28. The third-order valence-corrected chi connectivity index (χ3v) is 9.14. The number of rotatable bonds is 29. The van der Waals surface area contributed by atoms with Gasteiger partial charge in [0.25, 0.3) is 0 Å². The minimum atomic E-state index is -1.45. The SMILES string of the molecule is CC[C@H](C)[C@H](N)C(=O)N[C@@H](CCC(=O)O)C(=O)N[C@@H](CC(C)C)C(=O)N[C@@H](CC(C)C)C(=O)N[C@@H](CCC(N)=O)C(=O)N[C@@H](C)C(=O)N[C@@H](CCCN=C(N)N)C(=O)O. The maximum absolute atomic E-state index is 13.8. The summed E-state index contributed by atoms with van der Waals surface area (Å²) < 4.78 is 0. The molecule has 0 aliphatic carbocycles. The van der Waals surface area contributed by atoms with Crippen LogP contribution in [0, 0.1) is 17.8 Å². The molecule has 0 fully saturated rings. The molecule has 16 N–H and O–H groups in total. The second kappa shape index (κ2) is 27.2. The van der Waals surface area contributed by atoms with Crippen molar-refractivity contribution in [3.63, 3.8) is 0 Å².